The molecule has 0 saturated heterocycles. The van der Waals surface area contributed by atoms with Crippen molar-refractivity contribution in [3.8, 4) is 0 Å². The molecule has 0 aromatic carbocycles. The van der Waals surface area contributed by atoms with Crippen molar-refractivity contribution in [1.29, 1.82) is 0 Å². The highest BCUT2D eigenvalue weighted by atomic mass is 16.7. The van der Waals surface area contributed by atoms with E-state index in [2.05, 4.69) is 13.8 Å². The number of hydrogen-bond acceptors (Lipinski definition) is 3. The van der Waals surface area contributed by atoms with E-state index in [-0.39, 0.29) is 12.3 Å². The summed E-state index contributed by atoms with van der Waals surface area (Å²) in [6.45, 7) is 9.31. The minimum atomic E-state index is -0.250. The second-order valence-corrected chi connectivity index (χ2v) is 3.10. The van der Waals surface area contributed by atoms with E-state index >= 15 is 0 Å². The summed E-state index contributed by atoms with van der Waals surface area (Å²) in [7, 11) is 0. The van der Waals surface area contributed by atoms with E-state index < -0.39 is 0 Å². The molecule has 1 atom stereocenters. The first-order valence-corrected chi connectivity index (χ1v) is 4.62. The molecule has 0 heterocycles. The first kappa shape index (κ1) is 11.9. The third kappa shape index (κ3) is 4.04. The second-order valence-electron chi connectivity index (χ2n) is 3.10. The maximum Gasteiger partial charge on any atom is 0.172 e. The van der Waals surface area contributed by atoms with E-state index in [1.165, 1.54) is 0 Å². The Morgan fingerprint density at radius 3 is 1.75 bits per heavy atom. The van der Waals surface area contributed by atoms with Crippen molar-refractivity contribution >= 4 is 0 Å². The van der Waals surface area contributed by atoms with Crippen molar-refractivity contribution in [2.45, 2.75) is 40.0 Å². The molecular weight excluding hydrogens is 154 g/mol. The van der Waals surface area contributed by atoms with Gasteiger partial charge in [-0.25, -0.2) is 0 Å². The predicted molar refractivity (Wildman–Crippen MR) is 49.9 cm³/mol. The smallest absolute Gasteiger partial charge is 0.172 e. The standard InChI is InChI=1S/C9H21NO2/c1-5-11-9(12-6-2)8(10)7(3)4/h7-9H,5-6,10H2,1-4H3. The lowest BCUT2D eigenvalue weighted by atomic mass is 10.1. The predicted octanol–water partition coefficient (Wildman–Crippen LogP) is 1.37. The van der Waals surface area contributed by atoms with Gasteiger partial charge in [0.25, 0.3) is 0 Å². The average molecular weight is 175 g/mol. The molecule has 0 rings (SSSR count). The number of ether oxygens (including phenoxy) is 2. The van der Waals surface area contributed by atoms with E-state index in [1.807, 2.05) is 13.8 Å². The molecule has 0 aromatic rings. The molecule has 0 aromatic heterocycles. The van der Waals surface area contributed by atoms with Crippen LogP contribution in [0.5, 0.6) is 0 Å². The number of hydrogen-bond donors (Lipinski definition) is 1. The molecule has 0 radical (unpaired) electrons. The van der Waals surface area contributed by atoms with Gasteiger partial charge in [-0.05, 0) is 19.8 Å². The van der Waals surface area contributed by atoms with Crippen LogP contribution in [0.4, 0.5) is 0 Å². The lowest BCUT2D eigenvalue weighted by Gasteiger charge is -2.25. The molecule has 0 saturated carbocycles. The highest BCUT2D eigenvalue weighted by Gasteiger charge is 2.20. The Labute approximate surface area is 75.2 Å². The van der Waals surface area contributed by atoms with Gasteiger partial charge in [0, 0.05) is 13.2 Å². The highest BCUT2D eigenvalue weighted by molar-refractivity contribution is 4.69. The molecule has 0 aliphatic rings. The Balaban J connectivity index is 3.89. The van der Waals surface area contributed by atoms with E-state index in [9.17, 15) is 0 Å². The number of nitrogens with two attached hydrogens (primary N) is 1. The molecule has 3 nitrogen and oxygen atoms in total. The topological polar surface area (TPSA) is 44.5 Å². The zero-order chi connectivity index (χ0) is 9.56. The van der Waals surface area contributed by atoms with Gasteiger partial charge in [-0.2, -0.15) is 0 Å². The zero-order valence-corrected chi connectivity index (χ0v) is 8.54. The van der Waals surface area contributed by atoms with Gasteiger partial charge >= 0.3 is 0 Å². The van der Waals surface area contributed by atoms with Crippen LogP contribution in [0.25, 0.3) is 0 Å². The Kier molecular flexibility index (Phi) is 6.34. The molecule has 0 spiro atoms. The van der Waals surface area contributed by atoms with Crippen LogP contribution in [0.15, 0.2) is 0 Å². The molecule has 3 heteroatoms. The van der Waals surface area contributed by atoms with E-state index in [4.69, 9.17) is 15.2 Å². The summed E-state index contributed by atoms with van der Waals surface area (Å²) >= 11 is 0. The van der Waals surface area contributed by atoms with Crippen LogP contribution >= 0.6 is 0 Å². The van der Waals surface area contributed by atoms with Crippen molar-refractivity contribution in [2.75, 3.05) is 13.2 Å². The van der Waals surface area contributed by atoms with Gasteiger partial charge < -0.3 is 15.2 Å². The van der Waals surface area contributed by atoms with E-state index in [0.29, 0.717) is 19.1 Å². The van der Waals surface area contributed by atoms with Gasteiger partial charge in [-0.15, -0.1) is 0 Å². The Bertz CT molecular complexity index is 101. The Morgan fingerprint density at radius 2 is 1.50 bits per heavy atom. The summed E-state index contributed by atoms with van der Waals surface area (Å²) in [4.78, 5) is 0. The van der Waals surface area contributed by atoms with Gasteiger partial charge in [0.2, 0.25) is 0 Å². The first-order chi connectivity index (χ1) is 5.63. The molecular formula is C9H21NO2. The van der Waals surface area contributed by atoms with Crippen molar-refractivity contribution in [3.05, 3.63) is 0 Å². The second kappa shape index (κ2) is 6.40. The van der Waals surface area contributed by atoms with Crippen LogP contribution in [-0.2, 0) is 9.47 Å². The number of rotatable bonds is 6. The first-order valence-electron chi connectivity index (χ1n) is 4.62. The van der Waals surface area contributed by atoms with Crippen molar-refractivity contribution in [1.82, 2.24) is 0 Å². The van der Waals surface area contributed by atoms with E-state index in [0.717, 1.165) is 0 Å². The normalized spacial score (nSPS) is 14.2. The molecule has 0 fully saturated rings. The lowest BCUT2D eigenvalue weighted by Crippen LogP contribution is -2.42. The van der Waals surface area contributed by atoms with Crippen LogP contribution in [0, 0.1) is 5.92 Å². The van der Waals surface area contributed by atoms with Crippen LogP contribution < -0.4 is 5.73 Å². The van der Waals surface area contributed by atoms with Crippen LogP contribution in [-0.4, -0.2) is 25.5 Å². The molecule has 0 bridgehead atoms. The zero-order valence-electron chi connectivity index (χ0n) is 8.54. The van der Waals surface area contributed by atoms with Gasteiger partial charge in [0.05, 0.1) is 6.04 Å². The van der Waals surface area contributed by atoms with E-state index in [1.54, 1.807) is 0 Å². The minimum absolute atomic E-state index is 0.0371. The minimum Gasteiger partial charge on any atom is -0.351 e. The summed E-state index contributed by atoms with van der Waals surface area (Å²) in [6, 6.07) is -0.0371. The molecule has 0 aliphatic heterocycles. The summed E-state index contributed by atoms with van der Waals surface area (Å²) in [5.41, 5.74) is 5.88. The molecule has 0 aliphatic carbocycles. The monoisotopic (exact) mass is 175 g/mol. The van der Waals surface area contributed by atoms with Gasteiger partial charge in [-0.1, -0.05) is 13.8 Å². The fraction of sp³-hybridized carbons (Fsp3) is 1.00. The fourth-order valence-electron chi connectivity index (χ4n) is 0.913. The quantitative estimate of drug-likeness (QED) is 0.620. The van der Waals surface area contributed by atoms with Crippen molar-refractivity contribution < 1.29 is 9.47 Å². The summed E-state index contributed by atoms with van der Waals surface area (Å²) < 4.78 is 10.7. The van der Waals surface area contributed by atoms with Crippen molar-refractivity contribution in [2.24, 2.45) is 11.7 Å². The van der Waals surface area contributed by atoms with Crippen molar-refractivity contribution in [3.63, 3.8) is 0 Å². The Hall–Kier alpha value is -0.120. The SMILES string of the molecule is CCOC(OCC)C(N)C(C)C. The molecule has 12 heavy (non-hydrogen) atoms. The summed E-state index contributed by atoms with van der Waals surface area (Å²) in [6.07, 6.45) is -0.250. The van der Waals surface area contributed by atoms with Gasteiger partial charge in [0.1, 0.15) is 0 Å². The maximum atomic E-state index is 5.88. The maximum absolute atomic E-state index is 5.88. The Morgan fingerprint density at radius 1 is 1.08 bits per heavy atom. The van der Waals surface area contributed by atoms with Gasteiger partial charge in [0.15, 0.2) is 6.29 Å². The van der Waals surface area contributed by atoms with Crippen LogP contribution in [0.1, 0.15) is 27.7 Å². The molecule has 74 valence electrons. The third-order valence-electron chi connectivity index (χ3n) is 1.75. The fourth-order valence-corrected chi connectivity index (χ4v) is 0.913. The summed E-state index contributed by atoms with van der Waals surface area (Å²) in [5, 5.41) is 0. The lowest BCUT2D eigenvalue weighted by molar-refractivity contribution is -0.154. The average Bonchev–Trinajstić information content (AvgIpc) is 2.03. The molecule has 0 amide bonds. The molecule has 1 unspecified atom stereocenters. The summed E-state index contributed by atoms with van der Waals surface area (Å²) in [5.74, 6) is 0.382. The molecule has 2 N–H and O–H groups in total. The van der Waals surface area contributed by atoms with Gasteiger partial charge in [-0.3, -0.25) is 0 Å². The van der Waals surface area contributed by atoms with Crippen LogP contribution in [0.3, 0.4) is 0 Å². The van der Waals surface area contributed by atoms with Crippen LogP contribution in [0.2, 0.25) is 0 Å². The highest BCUT2D eigenvalue weighted by Crippen LogP contribution is 2.08. The largest absolute Gasteiger partial charge is 0.351 e. The third-order valence-corrected chi connectivity index (χ3v) is 1.75.